The zero-order valence-corrected chi connectivity index (χ0v) is 31.5. The summed E-state index contributed by atoms with van der Waals surface area (Å²) >= 11 is 0. The van der Waals surface area contributed by atoms with Gasteiger partial charge in [-0.15, -0.1) is 0 Å². The first-order chi connectivity index (χ1) is 28.8. The maximum absolute atomic E-state index is 6.32. The van der Waals surface area contributed by atoms with E-state index in [1.54, 1.807) is 0 Å². The number of nitrogens with zero attached hydrogens (tertiary/aromatic N) is 3. The van der Waals surface area contributed by atoms with Crippen molar-refractivity contribution in [3.05, 3.63) is 212 Å². The van der Waals surface area contributed by atoms with Crippen molar-refractivity contribution in [2.45, 2.75) is 0 Å². The number of benzene rings is 9. The minimum atomic E-state index is 0.912. The molecule has 0 aliphatic heterocycles. The van der Waals surface area contributed by atoms with Crippen molar-refractivity contribution in [2.75, 3.05) is 4.90 Å². The third-order valence-electron chi connectivity index (χ3n) is 11.7. The number of hydrogen-bond acceptors (Lipinski definition) is 2. The second kappa shape index (κ2) is 12.9. The number of hydrogen-bond donors (Lipinski definition) is 0. The predicted molar refractivity (Wildman–Crippen MR) is 243 cm³/mol. The normalized spacial score (nSPS) is 11.8. The molecule has 58 heavy (non-hydrogen) atoms. The molecule has 272 valence electrons. The first-order valence-electron chi connectivity index (χ1n) is 19.8. The monoisotopic (exact) mass is 741 g/mol. The molecular weight excluding hydrogens is 707 g/mol. The van der Waals surface area contributed by atoms with Crippen molar-refractivity contribution in [2.24, 2.45) is 0 Å². The van der Waals surface area contributed by atoms with Gasteiger partial charge in [-0.25, -0.2) is 0 Å². The van der Waals surface area contributed by atoms with E-state index in [9.17, 15) is 0 Å². The van der Waals surface area contributed by atoms with E-state index in [2.05, 4.69) is 214 Å². The van der Waals surface area contributed by atoms with Crippen LogP contribution in [0.25, 0.3) is 88.1 Å². The van der Waals surface area contributed by atoms with Gasteiger partial charge in [0, 0.05) is 60.8 Å². The van der Waals surface area contributed by atoms with Crippen LogP contribution in [0.15, 0.2) is 217 Å². The van der Waals surface area contributed by atoms with E-state index in [4.69, 9.17) is 4.42 Å². The Morgan fingerprint density at radius 3 is 1.57 bits per heavy atom. The lowest BCUT2D eigenvalue weighted by atomic mass is 10.0. The Labute approximate surface area is 334 Å². The van der Waals surface area contributed by atoms with Crippen molar-refractivity contribution < 1.29 is 4.42 Å². The summed E-state index contributed by atoms with van der Waals surface area (Å²) in [5.41, 5.74) is 14.5. The molecule has 12 aromatic rings. The molecule has 4 nitrogen and oxygen atoms in total. The molecule has 0 atom stereocenters. The number of para-hydroxylation sites is 5. The summed E-state index contributed by atoms with van der Waals surface area (Å²) in [6.45, 7) is 0. The molecule has 0 aliphatic rings. The Morgan fingerprint density at radius 2 is 0.828 bits per heavy atom. The highest BCUT2D eigenvalue weighted by atomic mass is 16.3. The van der Waals surface area contributed by atoms with Crippen LogP contribution < -0.4 is 4.90 Å². The van der Waals surface area contributed by atoms with Gasteiger partial charge in [-0.2, -0.15) is 0 Å². The Hall–Kier alpha value is -7.82. The maximum atomic E-state index is 6.32. The molecule has 12 rings (SSSR count). The second-order valence-electron chi connectivity index (χ2n) is 15.0. The van der Waals surface area contributed by atoms with Crippen LogP contribution in [0.5, 0.6) is 0 Å². The van der Waals surface area contributed by atoms with Crippen LogP contribution in [0.4, 0.5) is 17.1 Å². The van der Waals surface area contributed by atoms with Gasteiger partial charge in [-0.3, -0.25) is 0 Å². The SMILES string of the molecule is c1ccc(N(c2ccccc2)c2ccc3c(c2)c2cc(-c4ccc(-n5c6ccccc6c6cc7oc8ccccc8c7cc65)cc4)ccc2n3-c2ccccc2)cc1. The molecule has 0 saturated heterocycles. The highest BCUT2D eigenvalue weighted by Crippen LogP contribution is 2.42. The maximum Gasteiger partial charge on any atom is 0.136 e. The summed E-state index contributed by atoms with van der Waals surface area (Å²) in [5.74, 6) is 0. The Bertz CT molecular complexity index is 3450. The Balaban J connectivity index is 1.02. The van der Waals surface area contributed by atoms with E-state index in [-0.39, 0.29) is 0 Å². The van der Waals surface area contributed by atoms with Gasteiger partial charge >= 0.3 is 0 Å². The van der Waals surface area contributed by atoms with E-state index < -0.39 is 0 Å². The number of furan rings is 1. The third-order valence-corrected chi connectivity index (χ3v) is 11.7. The molecule has 3 aromatic heterocycles. The zero-order chi connectivity index (χ0) is 38.2. The van der Waals surface area contributed by atoms with E-state index in [1.807, 2.05) is 12.1 Å². The fraction of sp³-hybridized carbons (Fsp3) is 0. The molecule has 0 radical (unpaired) electrons. The van der Waals surface area contributed by atoms with Gasteiger partial charge in [0.15, 0.2) is 0 Å². The zero-order valence-electron chi connectivity index (χ0n) is 31.5. The van der Waals surface area contributed by atoms with Crippen LogP contribution in [0.3, 0.4) is 0 Å². The van der Waals surface area contributed by atoms with E-state index >= 15 is 0 Å². The van der Waals surface area contributed by atoms with Crippen molar-refractivity contribution in [1.29, 1.82) is 0 Å². The van der Waals surface area contributed by atoms with E-state index in [0.717, 1.165) is 50.4 Å². The largest absolute Gasteiger partial charge is 0.456 e. The minimum Gasteiger partial charge on any atom is -0.456 e. The summed E-state index contributed by atoms with van der Waals surface area (Å²) in [4.78, 5) is 2.34. The average molecular weight is 742 g/mol. The summed E-state index contributed by atoms with van der Waals surface area (Å²) in [7, 11) is 0. The van der Waals surface area contributed by atoms with Gasteiger partial charge < -0.3 is 18.5 Å². The van der Waals surface area contributed by atoms with Crippen molar-refractivity contribution >= 4 is 82.6 Å². The van der Waals surface area contributed by atoms with Crippen LogP contribution >= 0.6 is 0 Å². The van der Waals surface area contributed by atoms with Gasteiger partial charge in [0.05, 0.1) is 22.1 Å². The summed E-state index contributed by atoms with van der Waals surface area (Å²) in [6.07, 6.45) is 0. The van der Waals surface area contributed by atoms with Gasteiger partial charge in [0.25, 0.3) is 0 Å². The standard InChI is InChI=1S/C54H35N3O/c1-4-14-38(15-5-1)55(39-16-6-2-7-17-39)42-29-31-51-46(33-42)45-32-37(26-30-50(45)56(51)40-18-8-3-9-19-40)36-24-27-41(28-25-36)57-49-22-12-10-20-43(49)47-35-54-48(34-52(47)57)44-21-11-13-23-53(44)58-54/h1-35H. The second-order valence-corrected chi connectivity index (χ2v) is 15.0. The molecule has 4 heteroatoms. The number of aromatic nitrogens is 2. The lowest BCUT2D eigenvalue weighted by Crippen LogP contribution is -2.09. The van der Waals surface area contributed by atoms with Crippen molar-refractivity contribution in [1.82, 2.24) is 9.13 Å². The van der Waals surface area contributed by atoms with Crippen LogP contribution in [0, 0.1) is 0 Å². The molecule has 0 aliphatic carbocycles. The molecule has 3 heterocycles. The van der Waals surface area contributed by atoms with E-state index in [0.29, 0.717) is 0 Å². The summed E-state index contributed by atoms with van der Waals surface area (Å²) in [5, 5.41) is 7.07. The molecular formula is C54H35N3O. The van der Waals surface area contributed by atoms with Gasteiger partial charge in [-0.1, -0.05) is 109 Å². The molecule has 0 fully saturated rings. The molecule has 0 saturated carbocycles. The number of fused-ring (bicyclic) bond motifs is 9. The lowest BCUT2D eigenvalue weighted by molar-refractivity contribution is 0.669. The van der Waals surface area contributed by atoms with Gasteiger partial charge in [0.1, 0.15) is 11.2 Å². The molecule has 0 amide bonds. The smallest absolute Gasteiger partial charge is 0.136 e. The summed E-state index contributed by atoms with van der Waals surface area (Å²) < 4.78 is 11.1. The van der Waals surface area contributed by atoms with Crippen LogP contribution in [0.2, 0.25) is 0 Å². The van der Waals surface area contributed by atoms with Crippen molar-refractivity contribution in [3.63, 3.8) is 0 Å². The summed E-state index contributed by atoms with van der Waals surface area (Å²) in [6, 6.07) is 76.2. The minimum absolute atomic E-state index is 0.912. The molecule has 0 unspecified atom stereocenters. The Kier molecular flexibility index (Phi) is 7.20. The molecule has 9 aromatic carbocycles. The fourth-order valence-electron chi connectivity index (χ4n) is 9.05. The highest BCUT2D eigenvalue weighted by molar-refractivity contribution is 6.17. The quantitative estimate of drug-likeness (QED) is 0.170. The number of anilines is 3. The van der Waals surface area contributed by atoms with Crippen LogP contribution in [-0.4, -0.2) is 9.13 Å². The molecule has 0 spiro atoms. The molecule has 0 N–H and O–H groups in total. The lowest BCUT2D eigenvalue weighted by Gasteiger charge is -2.25. The third kappa shape index (κ3) is 5.02. The van der Waals surface area contributed by atoms with Gasteiger partial charge in [-0.05, 0) is 114 Å². The average Bonchev–Trinajstić information content (AvgIpc) is 3.93. The topological polar surface area (TPSA) is 26.2 Å². The number of rotatable bonds is 6. The predicted octanol–water partition coefficient (Wildman–Crippen LogP) is 14.9. The highest BCUT2D eigenvalue weighted by Gasteiger charge is 2.19. The Morgan fingerprint density at radius 1 is 0.293 bits per heavy atom. The first-order valence-corrected chi connectivity index (χ1v) is 19.8. The fourth-order valence-corrected chi connectivity index (χ4v) is 9.05. The van der Waals surface area contributed by atoms with E-state index in [1.165, 1.54) is 54.7 Å². The first kappa shape index (κ1) is 32.4. The van der Waals surface area contributed by atoms with Crippen LogP contribution in [-0.2, 0) is 0 Å². The molecule has 0 bridgehead atoms. The van der Waals surface area contributed by atoms with Crippen LogP contribution in [0.1, 0.15) is 0 Å². The van der Waals surface area contributed by atoms with Crippen molar-refractivity contribution in [3.8, 4) is 22.5 Å². The van der Waals surface area contributed by atoms with Gasteiger partial charge in [0.2, 0.25) is 0 Å².